The smallest absolute Gasteiger partial charge is 0.0935 e. The van der Waals surface area contributed by atoms with Crippen molar-refractivity contribution in [1.29, 1.82) is 0 Å². The van der Waals surface area contributed by atoms with Gasteiger partial charge in [-0.3, -0.25) is 0 Å². The standard InChI is InChI=1S/C6H8O2.C2H6/c7-3-1-6-2-4-8-5-6;1-2/h2,4-5,7H,1,3H2;1-2H3. The fraction of sp³-hybridized carbons (Fsp3) is 0.500. The molecule has 0 radical (unpaired) electrons. The molecule has 0 saturated heterocycles. The van der Waals surface area contributed by atoms with Crippen LogP contribution in [-0.2, 0) is 6.42 Å². The summed E-state index contributed by atoms with van der Waals surface area (Å²) in [7, 11) is 0. The van der Waals surface area contributed by atoms with Crippen LogP contribution in [0, 0.1) is 0 Å². The van der Waals surface area contributed by atoms with E-state index < -0.39 is 0 Å². The molecule has 0 saturated carbocycles. The maximum atomic E-state index is 8.40. The van der Waals surface area contributed by atoms with Crippen LogP contribution in [0.1, 0.15) is 19.4 Å². The van der Waals surface area contributed by atoms with E-state index in [0.29, 0.717) is 6.42 Å². The Kier molecular flexibility index (Phi) is 5.88. The number of rotatable bonds is 2. The van der Waals surface area contributed by atoms with E-state index in [1.807, 2.05) is 19.9 Å². The zero-order valence-electron chi connectivity index (χ0n) is 6.50. The third kappa shape index (κ3) is 3.30. The number of hydrogen-bond donors (Lipinski definition) is 1. The van der Waals surface area contributed by atoms with Gasteiger partial charge in [-0.1, -0.05) is 13.8 Å². The van der Waals surface area contributed by atoms with Crippen molar-refractivity contribution in [3.8, 4) is 0 Å². The lowest BCUT2D eigenvalue weighted by molar-refractivity contribution is 0.299. The van der Waals surface area contributed by atoms with E-state index in [-0.39, 0.29) is 6.61 Å². The number of aliphatic hydroxyl groups excluding tert-OH is 1. The lowest BCUT2D eigenvalue weighted by Crippen LogP contribution is -1.85. The highest BCUT2D eigenvalue weighted by molar-refractivity contribution is 5.04. The van der Waals surface area contributed by atoms with Gasteiger partial charge >= 0.3 is 0 Å². The summed E-state index contributed by atoms with van der Waals surface area (Å²) < 4.78 is 4.76. The van der Waals surface area contributed by atoms with Crippen molar-refractivity contribution in [3.05, 3.63) is 24.2 Å². The second-order valence-corrected chi connectivity index (χ2v) is 1.61. The van der Waals surface area contributed by atoms with Crippen LogP contribution in [0.2, 0.25) is 0 Å². The number of aliphatic hydroxyl groups is 1. The Morgan fingerprint density at radius 1 is 1.50 bits per heavy atom. The van der Waals surface area contributed by atoms with Crippen molar-refractivity contribution in [3.63, 3.8) is 0 Å². The summed E-state index contributed by atoms with van der Waals surface area (Å²) in [5.74, 6) is 0. The first kappa shape index (κ1) is 9.24. The summed E-state index contributed by atoms with van der Waals surface area (Å²) in [6, 6.07) is 1.84. The zero-order valence-corrected chi connectivity index (χ0v) is 6.50. The fourth-order valence-electron chi connectivity index (χ4n) is 0.564. The average molecular weight is 142 g/mol. The minimum atomic E-state index is 0.194. The maximum Gasteiger partial charge on any atom is 0.0935 e. The first-order valence-electron chi connectivity index (χ1n) is 3.55. The van der Waals surface area contributed by atoms with Gasteiger partial charge in [-0.15, -0.1) is 0 Å². The SMILES string of the molecule is CC.OCCc1ccoc1. The summed E-state index contributed by atoms with van der Waals surface area (Å²) >= 11 is 0. The van der Waals surface area contributed by atoms with Crippen molar-refractivity contribution in [2.45, 2.75) is 20.3 Å². The molecule has 0 spiro atoms. The highest BCUT2D eigenvalue weighted by atomic mass is 16.3. The molecule has 0 fully saturated rings. The molecule has 0 amide bonds. The van der Waals surface area contributed by atoms with Crippen LogP contribution >= 0.6 is 0 Å². The van der Waals surface area contributed by atoms with Crippen molar-refractivity contribution >= 4 is 0 Å². The molecule has 1 heterocycles. The molecule has 0 atom stereocenters. The highest BCUT2D eigenvalue weighted by Crippen LogP contribution is 1.98. The minimum Gasteiger partial charge on any atom is -0.472 e. The highest BCUT2D eigenvalue weighted by Gasteiger charge is 1.88. The molecule has 0 aliphatic carbocycles. The van der Waals surface area contributed by atoms with E-state index in [2.05, 4.69) is 0 Å². The Morgan fingerprint density at radius 3 is 2.60 bits per heavy atom. The van der Waals surface area contributed by atoms with Gasteiger partial charge in [0.1, 0.15) is 0 Å². The molecule has 0 unspecified atom stereocenters. The second kappa shape index (κ2) is 6.36. The predicted octanol–water partition coefficient (Wildman–Crippen LogP) is 1.84. The van der Waals surface area contributed by atoms with Crippen molar-refractivity contribution in [2.24, 2.45) is 0 Å². The number of furan rings is 1. The van der Waals surface area contributed by atoms with Gasteiger partial charge in [0.05, 0.1) is 12.5 Å². The van der Waals surface area contributed by atoms with Gasteiger partial charge in [-0.05, 0) is 18.1 Å². The lowest BCUT2D eigenvalue weighted by Gasteiger charge is -1.84. The van der Waals surface area contributed by atoms with Crippen LogP contribution in [0.15, 0.2) is 23.0 Å². The van der Waals surface area contributed by atoms with Crippen LogP contribution in [0.3, 0.4) is 0 Å². The summed E-state index contributed by atoms with van der Waals surface area (Å²) in [5, 5.41) is 8.40. The predicted molar refractivity (Wildman–Crippen MR) is 40.8 cm³/mol. The van der Waals surface area contributed by atoms with Gasteiger partial charge in [0.25, 0.3) is 0 Å². The van der Waals surface area contributed by atoms with Crippen LogP contribution in [0.25, 0.3) is 0 Å². The quantitative estimate of drug-likeness (QED) is 0.683. The Balaban J connectivity index is 0.000000371. The summed E-state index contributed by atoms with van der Waals surface area (Å²) in [4.78, 5) is 0. The molecule has 0 bridgehead atoms. The van der Waals surface area contributed by atoms with Crippen molar-refractivity contribution in [1.82, 2.24) is 0 Å². The molecule has 0 aromatic carbocycles. The molecule has 1 rings (SSSR count). The summed E-state index contributed by atoms with van der Waals surface area (Å²) in [6.07, 6.45) is 3.93. The van der Waals surface area contributed by atoms with Gasteiger partial charge in [0.2, 0.25) is 0 Å². The molecule has 58 valence electrons. The fourth-order valence-corrected chi connectivity index (χ4v) is 0.564. The number of hydrogen-bond acceptors (Lipinski definition) is 2. The second-order valence-electron chi connectivity index (χ2n) is 1.61. The third-order valence-electron chi connectivity index (χ3n) is 0.981. The van der Waals surface area contributed by atoms with E-state index in [4.69, 9.17) is 9.52 Å². The topological polar surface area (TPSA) is 33.4 Å². The molecule has 10 heavy (non-hydrogen) atoms. The minimum absolute atomic E-state index is 0.194. The van der Waals surface area contributed by atoms with E-state index in [9.17, 15) is 0 Å². The maximum absolute atomic E-state index is 8.40. The Bertz CT molecular complexity index is 133. The Labute approximate surface area is 61.5 Å². The van der Waals surface area contributed by atoms with Crippen LogP contribution in [0.5, 0.6) is 0 Å². The first-order chi connectivity index (χ1) is 4.93. The normalized spacial score (nSPS) is 8.30. The van der Waals surface area contributed by atoms with E-state index in [1.54, 1.807) is 12.5 Å². The van der Waals surface area contributed by atoms with Crippen LogP contribution in [-0.4, -0.2) is 11.7 Å². The summed E-state index contributed by atoms with van der Waals surface area (Å²) in [5.41, 5.74) is 1.05. The first-order valence-corrected chi connectivity index (χ1v) is 3.55. The van der Waals surface area contributed by atoms with Crippen LogP contribution in [0.4, 0.5) is 0 Å². The van der Waals surface area contributed by atoms with Gasteiger partial charge < -0.3 is 9.52 Å². The average Bonchev–Trinajstić information content (AvgIpc) is 2.46. The molecule has 1 aromatic rings. The van der Waals surface area contributed by atoms with Gasteiger partial charge in [-0.2, -0.15) is 0 Å². The van der Waals surface area contributed by atoms with E-state index >= 15 is 0 Å². The van der Waals surface area contributed by atoms with E-state index in [1.165, 1.54) is 0 Å². The third-order valence-corrected chi connectivity index (χ3v) is 0.981. The van der Waals surface area contributed by atoms with Gasteiger partial charge in [-0.25, -0.2) is 0 Å². The molecule has 0 aliphatic heterocycles. The Morgan fingerprint density at radius 2 is 2.20 bits per heavy atom. The molecule has 2 nitrogen and oxygen atoms in total. The molecule has 1 N–H and O–H groups in total. The molecule has 2 heteroatoms. The van der Waals surface area contributed by atoms with Crippen molar-refractivity contribution < 1.29 is 9.52 Å². The summed E-state index contributed by atoms with van der Waals surface area (Å²) in [6.45, 7) is 4.19. The zero-order chi connectivity index (χ0) is 7.82. The molecule has 0 aliphatic rings. The van der Waals surface area contributed by atoms with Gasteiger partial charge in [0.15, 0.2) is 0 Å². The van der Waals surface area contributed by atoms with Crippen molar-refractivity contribution in [2.75, 3.05) is 6.61 Å². The Hall–Kier alpha value is -0.760. The van der Waals surface area contributed by atoms with E-state index in [0.717, 1.165) is 5.56 Å². The molecular weight excluding hydrogens is 128 g/mol. The largest absolute Gasteiger partial charge is 0.472 e. The monoisotopic (exact) mass is 142 g/mol. The van der Waals surface area contributed by atoms with Crippen LogP contribution < -0.4 is 0 Å². The van der Waals surface area contributed by atoms with Gasteiger partial charge in [0, 0.05) is 6.61 Å². The molecular formula is C8H14O2. The molecule has 1 aromatic heterocycles. The lowest BCUT2D eigenvalue weighted by atomic mass is 10.3.